The summed E-state index contributed by atoms with van der Waals surface area (Å²) in [6.07, 6.45) is 0. The molecule has 1 aromatic rings. The highest BCUT2D eigenvalue weighted by atomic mass is 32.2. The van der Waals surface area contributed by atoms with Gasteiger partial charge in [-0.15, -0.1) is 0 Å². The van der Waals surface area contributed by atoms with E-state index in [-0.39, 0.29) is 22.1 Å². The molecule has 1 aromatic carbocycles. The van der Waals surface area contributed by atoms with Crippen molar-refractivity contribution >= 4 is 15.5 Å². The highest BCUT2D eigenvalue weighted by Gasteiger charge is 2.20. The molecule has 0 aliphatic heterocycles. The number of diazo groups is 1. The normalized spacial score (nSPS) is 10.8. The number of sulfone groups is 1. The first-order valence-electron chi connectivity index (χ1n) is 4.42. The molecule has 0 atom stereocenters. The van der Waals surface area contributed by atoms with Crippen molar-refractivity contribution in [3.8, 4) is 5.75 Å². The molecule has 0 unspecified atom stereocenters. The van der Waals surface area contributed by atoms with Gasteiger partial charge in [-0.25, -0.2) is 8.42 Å². The highest BCUT2D eigenvalue weighted by molar-refractivity contribution is 7.91. The standard InChI is InChI=1S/C9H11N2O4S/c1-15-9-6-7(2-3-8(9)11-10)16(13,14)5-4-12/h2-3,6,12H,4-5H2,1H3/q+1. The minimum Gasteiger partial charge on any atom is -0.489 e. The fourth-order valence-corrected chi connectivity index (χ4v) is 2.21. The van der Waals surface area contributed by atoms with Crippen molar-refractivity contribution in [1.29, 1.82) is 5.39 Å². The number of aliphatic hydroxyl groups is 1. The highest BCUT2D eigenvalue weighted by Crippen LogP contribution is 2.30. The average molecular weight is 243 g/mol. The van der Waals surface area contributed by atoms with Crippen molar-refractivity contribution in [2.75, 3.05) is 19.5 Å². The van der Waals surface area contributed by atoms with Crippen molar-refractivity contribution in [3.63, 3.8) is 0 Å². The van der Waals surface area contributed by atoms with Crippen LogP contribution in [-0.2, 0) is 9.84 Å². The summed E-state index contributed by atoms with van der Waals surface area (Å²) in [6, 6.07) is 3.87. The molecule has 0 heterocycles. The molecule has 0 aromatic heterocycles. The maximum atomic E-state index is 11.6. The summed E-state index contributed by atoms with van der Waals surface area (Å²) >= 11 is 0. The smallest absolute Gasteiger partial charge is 0.426 e. The zero-order valence-corrected chi connectivity index (χ0v) is 9.44. The summed E-state index contributed by atoms with van der Waals surface area (Å²) in [7, 11) is -2.18. The van der Waals surface area contributed by atoms with E-state index in [1.807, 2.05) is 0 Å². The Labute approximate surface area is 93.0 Å². The summed E-state index contributed by atoms with van der Waals surface area (Å²) in [5.74, 6) is -0.201. The molecule has 0 fully saturated rings. The molecule has 0 saturated carbocycles. The monoisotopic (exact) mass is 243 g/mol. The average Bonchev–Trinajstić information content (AvgIpc) is 2.28. The van der Waals surface area contributed by atoms with Crippen LogP contribution < -0.4 is 4.74 Å². The van der Waals surface area contributed by atoms with Crippen molar-refractivity contribution in [1.82, 2.24) is 0 Å². The number of aliphatic hydroxyl groups excluding tert-OH is 1. The van der Waals surface area contributed by atoms with E-state index in [1.54, 1.807) is 0 Å². The van der Waals surface area contributed by atoms with Gasteiger partial charge in [-0.2, -0.15) is 0 Å². The molecule has 0 aliphatic rings. The summed E-state index contributed by atoms with van der Waals surface area (Å²) in [6.45, 7) is -0.448. The maximum Gasteiger partial charge on any atom is 0.426 e. The lowest BCUT2D eigenvalue weighted by Gasteiger charge is -2.03. The van der Waals surface area contributed by atoms with Crippen LogP contribution in [0.1, 0.15) is 0 Å². The van der Waals surface area contributed by atoms with Crippen molar-refractivity contribution in [2.24, 2.45) is 0 Å². The molecule has 0 aliphatic carbocycles. The molecular weight excluding hydrogens is 232 g/mol. The van der Waals surface area contributed by atoms with Crippen LogP contribution >= 0.6 is 0 Å². The minimum atomic E-state index is -3.52. The second-order valence-electron chi connectivity index (χ2n) is 2.98. The molecular formula is C9H11N2O4S+. The van der Waals surface area contributed by atoms with Crippen molar-refractivity contribution < 1.29 is 18.3 Å². The van der Waals surface area contributed by atoms with Gasteiger partial charge >= 0.3 is 5.69 Å². The Bertz CT molecular complexity index is 519. The molecule has 0 radical (unpaired) electrons. The number of methoxy groups -OCH3 is 1. The molecule has 6 nitrogen and oxygen atoms in total. The predicted molar refractivity (Wildman–Crippen MR) is 56.9 cm³/mol. The van der Waals surface area contributed by atoms with Gasteiger partial charge < -0.3 is 9.84 Å². The van der Waals surface area contributed by atoms with Crippen LogP contribution in [-0.4, -0.2) is 33.0 Å². The number of benzene rings is 1. The lowest BCUT2D eigenvalue weighted by molar-refractivity contribution is 0.319. The summed E-state index contributed by atoms with van der Waals surface area (Å²) in [5.41, 5.74) is 0.144. The Morgan fingerprint density at radius 2 is 2.19 bits per heavy atom. The van der Waals surface area contributed by atoms with Gasteiger partial charge in [0.15, 0.2) is 14.8 Å². The van der Waals surface area contributed by atoms with E-state index in [9.17, 15) is 8.42 Å². The predicted octanol–water partition coefficient (Wildman–Crippen LogP) is 0.946. The van der Waals surface area contributed by atoms with Gasteiger partial charge in [0, 0.05) is 12.1 Å². The van der Waals surface area contributed by atoms with Crippen LogP contribution in [0, 0.1) is 5.39 Å². The number of hydrogen-bond acceptors (Lipinski definition) is 5. The van der Waals surface area contributed by atoms with Crippen LogP contribution in [0.4, 0.5) is 5.69 Å². The third-order valence-electron chi connectivity index (χ3n) is 1.98. The molecule has 0 saturated heterocycles. The SMILES string of the molecule is COc1cc(S(=O)(=O)CCO)ccc1[N+]#N. The Hall–Kier alpha value is -1.65. The topological polar surface area (TPSA) is 91.8 Å². The van der Waals surface area contributed by atoms with Crippen LogP contribution in [0.25, 0.3) is 4.98 Å². The van der Waals surface area contributed by atoms with E-state index in [0.29, 0.717) is 0 Å². The third kappa shape index (κ3) is 2.48. The fourth-order valence-electron chi connectivity index (χ4n) is 1.17. The number of rotatable bonds is 4. The summed E-state index contributed by atoms with van der Waals surface area (Å²) in [5, 5.41) is 17.2. The van der Waals surface area contributed by atoms with Gasteiger partial charge in [-0.1, -0.05) is 0 Å². The van der Waals surface area contributed by atoms with E-state index in [2.05, 4.69) is 4.98 Å². The summed E-state index contributed by atoms with van der Waals surface area (Å²) in [4.78, 5) is 2.96. The van der Waals surface area contributed by atoms with Gasteiger partial charge in [-0.3, -0.25) is 0 Å². The quantitative estimate of drug-likeness (QED) is 0.795. The summed E-state index contributed by atoms with van der Waals surface area (Å²) < 4.78 is 28.1. The van der Waals surface area contributed by atoms with Crippen LogP contribution in [0.15, 0.2) is 23.1 Å². The second kappa shape index (κ2) is 4.92. The fraction of sp³-hybridized carbons (Fsp3) is 0.333. The van der Waals surface area contributed by atoms with Crippen LogP contribution in [0.2, 0.25) is 0 Å². The number of nitrogens with zero attached hydrogens (tertiary/aromatic N) is 2. The maximum absolute atomic E-state index is 11.6. The zero-order valence-electron chi connectivity index (χ0n) is 8.62. The van der Waals surface area contributed by atoms with Crippen LogP contribution in [0.5, 0.6) is 5.75 Å². The van der Waals surface area contributed by atoms with Crippen molar-refractivity contribution in [3.05, 3.63) is 23.2 Å². The number of ether oxygens (including phenoxy) is 1. The second-order valence-corrected chi connectivity index (χ2v) is 5.09. The van der Waals surface area contributed by atoms with Gasteiger partial charge in [0.05, 0.1) is 24.4 Å². The number of hydrogen-bond donors (Lipinski definition) is 1. The lowest BCUT2D eigenvalue weighted by Crippen LogP contribution is -2.10. The Morgan fingerprint density at radius 1 is 1.50 bits per heavy atom. The molecule has 7 heteroatoms. The first-order valence-corrected chi connectivity index (χ1v) is 6.07. The van der Waals surface area contributed by atoms with E-state index >= 15 is 0 Å². The zero-order chi connectivity index (χ0) is 12.2. The van der Waals surface area contributed by atoms with Crippen LogP contribution in [0.3, 0.4) is 0 Å². The minimum absolute atomic E-state index is 0.0193. The van der Waals surface area contributed by atoms with E-state index in [4.69, 9.17) is 15.2 Å². The Morgan fingerprint density at radius 3 is 2.69 bits per heavy atom. The van der Waals surface area contributed by atoms with Gasteiger partial charge in [-0.05, 0) is 6.07 Å². The van der Waals surface area contributed by atoms with E-state index in [0.717, 1.165) is 0 Å². The lowest BCUT2D eigenvalue weighted by atomic mass is 10.3. The molecule has 1 rings (SSSR count). The largest absolute Gasteiger partial charge is 0.489 e. The molecule has 0 amide bonds. The molecule has 86 valence electrons. The van der Waals surface area contributed by atoms with Gasteiger partial charge in [0.25, 0.3) is 0 Å². The molecule has 0 spiro atoms. The third-order valence-corrected chi connectivity index (χ3v) is 3.67. The first-order chi connectivity index (χ1) is 7.55. The van der Waals surface area contributed by atoms with Crippen molar-refractivity contribution in [2.45, 2.75) is 4.90 Å². The molecule has 1 N–H and O–H groups in total. The van der Waals surface area contributed by atoms with E-state index in [1.165, 1.54) is 25.3 Å². The molecule has 16 heavy (non-hydrogen) atoms. The van der Waals surface area contributed by atoms with E-state index < -0.39 is 16.4 Å². The van der Waals surface area contributed by atoms with Gasteiger partial charge in [0.1, 0.15) is 0 Å². The Balaban J connectivity index is 3.25. The molecule has 0 bridgehead atoms. The van der Waals surface area contributed by atoms with Gasteiger partial charge in [0.2, 0.25) is 11.1 Å². The first kappa shape index (κ1) is 12.4. The Kier molecular flexibility index (Phi) is 3.82.